The number of pyridine rings is 1. The molecule has 3 aromatic rings. The van der Waals surface area contributed by atoms with Crippen molar-refractivity contribution in [2.45, 2.75) is 90.9 Å². The van der Waals surface area contributed by atoms with Gasteiger partial charge in [-0.1, -0.05) is 6.92 Å². The molecule has 0 bridgehead atoms. The zero-order valence-corrected chi connectivity index (χ0v) is 25.4. The van der Waals surface area contributed by atoms with Gasteiger partial charge in [0.1, 0.15) is 11.4 Å². The molecule has 2 saturated heterocycles. The summed E-state index contributed by atoms with van der Waals surface area (Å²) in [6.07, 6.45) is 11.2. The highest BCUT2D eigenvalue weighted by Crippen LogP contribution is 2.39. The summed E-state index contributed by atoms with van der Waals surface area (Å²) in [5, 5.41) is 8.14. The van der Waals surface area contributed by atoms with Crippen LogP contribution in [0, 0.1) is 5.41 Å². The van der Waals surface area contributed by atoms with E-state index in [1.165, 1.54) is 0 Å². The van der Waals surface area contributed by atoms with Gasteiger partial charge in [-0.05, 0) is 89.7 Å². The fourth-order valence-corrected chi connectivity index (χ4v) is 6.39. The molecule has 42 heavy (non-hydrogen) atoms. The predicted molar refractivity (Wildman–Crippen MR) is 162 cm³/mol. The minimum absolute atomic E-state index is 0.0332. The van der Waals surface area contributed by atoms with Crippen LogP contribution in [0.5, 0.6) is 0 Å². The lowest BCUT2D eigenvalue weighted by molar-refractivity contribution is -0.0368. The number of piperidine rings is 1. The van der Waals surface area contributed by atoms with Gasteiger partial charge in [0.15, 0.2) is 23.2 Å². The molecule has 3 aliphatic rings. The van der Waals surface area contributed by atoms with Gasteiger partial charge in [-0.25, -0.2) is 19.4 Å². The molecule has 11 nitrogen and oxygen atoms in total. The number of nitrogens with zero attached hydrogens (tertiary/aromatic N) is 7. The van der Waals surface area contributed by atoms with Gasteiger partial charge < -0.3 is 24.6 Å². The fraction of sp³-hybridized carbons (Fsp3) is 0.645. The summed E-state index contributed by atoms with van der Waals surface area (Å²) < 4.78 is 13.6. The zero-order chi connectivity index (χ0) is 29.3. The van der Waals surface area contributed by atoms with Crippen molar-refractivity contribution in [3.8, 4) is 0 Å². The Labute approximate surface area is 248 Å². The standard InChI is InChI=1S/C31H44N8O3/c1-5-31(21-34-29(40)42-30(2,3)4)13-17-37(18-14-31)24-20-33-26-27(35-24)39(25-12-6-7-19-41-25)36-28(26)38-16-9-10-22-23(38)11-8-15-32-22/h8,11,15,20,25H,5-7,9-10,12-14,16-19,21H2,1-4H3,(H,34,40). The Bertz CT molecular complexity index is 1400. The van der Waals surface area contributed by atoms with Crippen molar-refractivity contribution in [3.63, 3.8) is 0 Å². The van der Waals surface area contributed by atoms with Gasteiger partial charge in [0.25, 0.3) is 0 Å². The summed E-state index contributed by atoms with van der Waals surface area (Å²) in [7, 11) is 0. The van der Waals surface area contributed by atoms with Crippen molar-refractivity contribution in [2.75, 3.05) is 42.6 Å². The lowest BCUT2D eigenvalue weighted by atomic mass is 9.76. The number of anilines is 3. The van der Waals surface area contributed by atoms with Gasteiger partial charge in [-0.2, -0.15) is 0 Å². The molecule has 1 N–H and O–H groups in total. The summed E-state index contributed by atoms with van der Waals surface area (Å²) in [4.78, 5) is 31.7. The Morgan fingerprint density at radius 1 is 1.17 bits per heavy atom. The first-order valence-corrected chi connectivity index (χ1v) is 15.6. The van der Waals surface area contributed by atoms with Crippen LogP contribution < -0.4 is 15.1 Å². The van der Waals surface area contributed by atoms with E-state index in [2.05, 4.69) is 33.1 Å². The minimum Gasteiger partial charge on any atom is -0.444 e. The molecule has 6 heterocycles. The van der Waals surface area contributed by atoms with E-state index in [-0.39, 0.29) is 17.7 Å². The van der Waals surface area contributed by atoms with Crippen molar-refractivity contribution in [3.05, 3.63) is 30.2 Å². The maximum absolute atomic E-state index is 12.3. The number of amides is 1. The van der Waals surface area contributed by atoms with Gasteiger partial charge in [0, 0.05) is 39.0 Å². The van der Waals surface area contributed by atoms with Gasteiger partial charge in [-0.15, -0.1) is 5.10 Å². The van der Waals surface area contributed by atoms with Crippen molar-refractivity contribution in [2.24, 2.45) is 5.41 Å². The zero-order valence-electron chi connectivity index (χ0n) is 25.4. The van der Waals surface area contributed by atoms with Crippen LogP contribution in [0.15, 0.2) is 24.5 Å². The number of carbonyl (C=O) groups excluding carboxylic acids is 1. The van der Waals surface area contributed by atoms with E-state index in [1.54, 1.807) is 0 Å². The number of fused-ring (bicyclic) bond motifs is 2. The highest BCUT2D eigenvalue weighted by molar-refractivity contribution is 5.88. The first-order chi connectivity index (χ1) is 20.3. The molecule has 3 aliphatic heterocycles. The summed E-state index contributed by atoms with van der Waals surface area (Å²) >= 11 is 0. The molecule has 2 fully saturated rings. The molecule has 1 atom stereocenters. The van der Waals surface area contributed by atoms with Crippen molar-refractivity contribution < 1.29 is 14.3 Å². The lowest BCUT2D eigenvalue weighted by Crippen LogP contribution is -2.47. The Morgan fingerprint density at radius 2 is 2.00 bits per heavy atom. The quantitative estimate of drug-likeness (QED) is 0.405. The molecule has 0 radical (unpaired) electrons. The highest BCUT2D eigenvalue weighted by Gasteiger charge is 2.35. The molecule has 0 spiro atoms. The Kier molecular flexibility index (Phi) is 7.95. The number of carbonyl (C=O) groups is 1. The second-order valence-corrected chi connectivity index (χ2v) is 12.9. The first-order valence-electron chi connectivity index (χ1n) is 15.6. The molecule has 226 valence electrons. The van der Waals surface area contributed by atoms with Crippen LogP contribution in [0.4, 0.5) is 22.1 Å². The van der Waals surface area contributed by atoms with E-state index in [4.69, 9.17) is 24.5 Å². The number of ether oxygens (including phenoxy) is 2. The van der Waals surface area contributed by atoms with Gasteiger partial charge in [0.2, 0.25) is 0 Å². The van der Waals surface area contributed by atoms with E-state index in [1.807, 2.05) is 43.9 Å². The van der Waals surface area contributed by atoms with Crippen molar-refractivity contribution in [1.82, 2.24) is 30.0 Å². The molecule has 11 heteroatoms. The van der Waals surface area contributed by atoms with Crippen LogP contribution in [0.3, 0.4) is 0 Å². The average Bonchev–Trinajstić information content (AvgIpc) is 3.38. The maximum atomic E-state index is 12.3. The van der Waals surface area contributed by atoms with Crippen LogP contribution in [-0.4, -0.2) is 69.2 Å². The van der Waals surface area contributed by atoms with Crippen LogP contribution in [-0.2, 0) is 15.9 Å². The molecule has 0 aromatic carbocycles. The van der Waals surface area contributed by atoms with Gasteiger partial charge in [-0.3, -0.25) is 4.98 Å². The average molecular weight is 577 g/mol. The third-order valence-corrected chi connectivity index (χ3v) is 8.91. The predicted octanol–water partition coefficient (Wildman–Crippen LogP) is 5.53. The number of alkyl carbamates (subject to hydrolysis) is 1. The van der Waals surface area contributed by atoms with E-state index in [0.717, 1.165) is 112 Å². The third kappa shape index (κ3) is 5.88. The summed E-state index contributed by atoms with van der Waals surface area (Å²) in [6, 6.07) is 4.11. The van der Waals surface area contributed by atoms with E-state index >= 15 is 0 Å². The van der Waals surface area contributed by atoms with Crippen LogP contribution in [0.1, 0.15) is 84.6 Å². The molecule has 1 unspecified atom stereocenters. The Balaban J connectivity index is 1.25. The Morgan fingerprint density at radius 3 is 2.74 bits per heavy atom. The smallest absolute Gasteiger partial charge is 0.407 e. The number of hydrogen-bond acceptors (Lipinski definition) is 9. The number of aryl methyl sites for hydroxylation is 1. The topological polar surface area (TPSA) is 111 Å². The second kappa shape index (κ2) is 11.7. The molecule has 0 saturated carbocycles. The molecule has 3 aromatic heterocycles. The fourth-order valence-electron chi connectivity index (χ4n) is 6.39. The van der Waals surface area contributed by atoms with Crippen molar-refractivity contribution >= 4 is 34.6 Å². The SMILES string of the molecule is CCC1(CNC(=O)OC(C)(C)C)CCN(c2cnc3c(N4CCCc5ncccc54)nn(C4CCCCO4)c3n2)CC1. The number of nitrogens with one attached hydrogen (secondary N) is 1. The van der Waals surface area contributed by atoms with Gasteiger partial charge in [0.05, 0.1) is 17.6 Å². The number of rotatable bonds is 6. The summed E-state index contributed by atoms with van der Waals surface area (Å²) in [5.74, 6) is 1.68. The minimum atomic E-state index is -0.506. The van der Waals surface area contributed by atoms with E-state index in [9.17, 15) is 4.79 Å². The largest absolute Gasteiger partial charge is 0.444 e. The highest BCUT2D eigenvalue weighted by atomic mass is 16.6. The molecule has 0 aliphatic carbocycles. The summed E-state index contributed by atoms with van der Waals surface area (Å²) in [5.41, 5.74) is 3.28. The summed E-state index contributed by atoms with van der Waals surface area (Å²) in [6.45, 7) is 11.8. The lowest BCUT2D eigenvalue weighted by Gasteiger charge is -2.42. The molecule has 6 rings (SSSR count). The number of hydrogen-bond donors (Lipinski definition) is 1. The van der Waals surface area contributed by atoms with Crippen LogP contribution >= 0.6 is 0 Å². The molecular weight excluding hydrogens is 532 g/mol. The normalized spacial score (nSPS) is 20.8. The van der Waals surface area contributed by atoms with Crippen molar-refractivity contribution in [1.29, 1.82) is 0 Å². The van der Waals surface area contributed by atoms with Crippen LogP contribution in [0.2, 0.25) is 0 Å². The maximum Gasteiger partial charge on any atom is 0.407 e. The third-order valence-electron chi connectivity index (χ3n) is 8.91. The molecular formula is C31H44N8O3. The molecule has 1 amide bonds. The first kappa shape index (κ1) is 28.6. The monoisotopic (exact) mass is 576 g/mol. The van der Waals surface area contributed by atoms with Crippen LogP contribution in [0.25, 0.3) is 11.2 Å². The number of aromatic nitrogens is 5. The Hall–Kier alpha value is -3.47. The van der Waals surface area contributed by atoms with E-state index in [0.29, 0.717) is 6.54 Å². The van der Waals surface area contributed by atoms with E-state index < -0.39 is 5.60 Å². The van der Waals surface area contributed by atoms with Gasteiger partial charge >= 0.3 is 6.09 Å². The second-order valence-electron chi connectivity index (χ2n) is 12.9.